The zero-order valence-electron chi connectivity index (χ0n) is 18.0. The zero-order valence-corrected chi connectivity index (χ0v) is 19.7. The normalized spacial score (nSPS) is 17.0. The van der Waals surface area contributed by atoms with E-state index in [1.54, 1.807) is 7.05 Å². The Labute approximate surface area is 191 Å². The Balaban J connectivity index is 1.66. The Morgan fingerprint density at radius 3 is 2.50 bits per heavy atom. The molecule has 32 heavy (non-hydrogen) atoms. The van der Waals surface area contributed by atoms with Gasteiger partial charge in [0.05, 0.1) is 11.4 Å². The van der Waals surface area contributed by atoms with Crippen LogP contribution in [0.15, 0.2) is 46.7 Å². The first-order valence-electron chi connectivity index (χ1n) is 10.3. The van der Waals surface area contributed by atoms with Gasteiger partial charge >= 0.3 is 5.97 Å². The van der Waals surface area contributed by atoms with Crippen LogP contribution in [-0.4, -0.2) is 61.5 Å². The predicted octanol–water partition coefficient (Wildman–Crippen LogP) is 2.70. The van der Waals surface area contributed by atoms with Gasteiger partial charge in [0.2, 0.25) is 10.0 Å². The van der Waals surface area contributed by atoms with E-state index in [0.717, 1.165) is 9.18 Å². The minimum Gasteiger partial charge on any atom is -0.454 e. The number of Topliss-reactive ketones (excluding diaryl/α,β-unsaturated/α-hetero) is 1. The van der Waals surface area contributed by atoms with Crippen LogP contribution in [0.4, 0.5) is 0 Å². The van der Waals surface area contributed by atoms with Gasteiger partial charge in [-0.3, -0.25) is 14.4 Å². The van der Waals surface area contributed by atoms with E-state index < -0.39 is 28.6 Å². The van der Waals surface area contributed by atoms with Crippen LogP contribution in [0.5, 0.6) is 0 Å². The lowest BCUT2D eigenvalue weighted by Crippen LogP contribution is -2.49. The molecule has 0 spiro atoms. The molecular weight excluding hydrogens is 452 g/mol. The molecule has 1 saturated heterocycles. The van der Waals surface area contributed by atoms with Gasteiger partial charge in [-0.1, -0.05) is 18.2 Å². The molecule has 0 bridgehead atoms. The average molecular weight is 479 g/mol. The maximum Gasteiger partial charge on any atom is 0.324 e. The number of amides is 1. The van der Waals surface area contributed by atoms with Crippen molar-refractivity contribution < 1.29 is 27.5 Å². The van der Waals surface area contributed by atoms with Crippen molar-refractivity contribution in [3.63, 3.8) is 0 Å². The molecule has 2 aromatic rings. The molecule has 10 heteroatoms. The Hall–Kier alpha value is -2.56. The number of rotatable bonds is 8. The molecule has 1 aromatic heterocycles. The van der Waals surface area contributed by atoms with Gasteiger partial charge in [-0.05, 0) is 49.8 Å². The van der Waals surface area contributed by atoms with Crippen LogP contribution in [0.2, 0.25) is 0 Å². The van der Waals surface area contributed by atoms with Crippen LogP contribution in [-0.2, 0) is 30.9 Å². The molecule has 0 N–H and O–H groups in total. The number of ether oxygens (including phenoxy) is 1. The van der Waals surface area contributed by atoms with E-state index in [0.29, 0.717) is 31.4 Å². The molecule has 2 heterocycles. The van der Waals surface area contributed by atoms with Gasteiger partial charge in [-0.25, -0.2) is 8.42 Å². The number of carbonyl (C=O) groups excluding carboxylic acids is 3. The maximum atomic E-state index is 13.2. The largest absolute Gasteiger partial charge is 0.454 e. The smallest absolute Gasteiger partial charge is 0.324 e. The Kier molecular flexibility index (Phi) is 7.81. The molecule has 3 rings (SSSR count). The van der Waals surface area contributed by atoms with E-state index in [1.807, 2.05) is 17.5 Å². The number of sulfonamides is 1. The van der Waals surface area contributed by atoms with Crippen molar-refractivity contribution in [2.24, 2.45) is 0 Å². The molecule has 1 unspecified atom stereocenters. The van der Waals surface area contributed by atoms with Gasteiger partial charge in [0.1, 0.15) is 6.04 Å². The summed E-state index contributed by atoms with van der Waals surface area (Å²) in [5.74, 6) is -1.26. The minimum atomic E-state index is -3.96. The summed E-state index contributed by atoms with van der Waals surface area (Å²) in [4.78, 5) is 39.0. The van der Waals surface area contributed by atoms with E-state index in [9.17, 15) is 22.8 Å². The second kappa shape index (κ2) is 10.4. The Bertz CT molecular complexity index is 1060. The van der Waals surface area contributed by atoms with Crippen LogP contribution >= 0.6 is 11.3 Å². The first-order chi connectivity index (χ1) is 15.2. The number of thiophene rings is 1. The third kappa shape index (κ3) is 5.62. The number of hydrogen-bond acceptors (Lipinski definition) is 7. The second-order valence-electron chi connectivity index (χ2n) is 7.64. The zero-order chi connectivity index (χ0) is 23.3. The molecule has 1 fully saturated rings. The van der Waals surface area contributed by atoms with Crippen molar-refractivity contribution in [2.75, 3.05) is 20.2 Å². The molecule has 1 atom stereocenters. The molecule has 1 aliphatic heterocycles. The highest BCUT2D eigenvalue weighted by atomic mass is 32.2. The number of ketones is 1. The highest BCUT2D eigenvalue weighted by Gasteiger charge is 2.38. The molecule has 0 radical (unpaired) electrons. The lowest BCUT2D eigenvalue weighted by molar-refractivity contribution is -0.155. The fourth-order valence-corrected chi connectivity index (χ4v) is 5.89. The quantitative estimate of drug-likeness (QED) is 0.427. The van der Waals surface area contributed by atoms with E-state index in [4.69, 9.17) is 4.74 Å². The van der Waals surface area contributed by atoms with Gasteiger partial charge in [-0.2, -0.15) is 4.31 Å². The van der Waals surface area contributed by atoms with Gasteiger partial charge in [-0.15, -0.1) is 11.3 Å². The van der Waals surface area contributed by atoms with Crippen molar-refractivity contribution in [1.29, 1.82) is 0 Å². The molecule has 172 valence electrons. The number of nitrogens with zero attached hydrogens (tertiary/aromatic N) is 2. The number of carbonyl (C=O) groups is 3. The van der Waals surface area contributed by atoms with Crippen molar-refractivity contribution in [3.05, 3.63) is 52.2 Å². The topological polar surface area (TPSA) is 101 Å². The highest BCUT2D eigenvalue weighted by molar-refractivity contribution is 7.89. The van der Waals surface area contributed by atoms with E-state index >= 15 is 0 Å². The number of esters is 1. The average Bonchev–Trinajstić information content (AvgIpc) is 3.30. The maximum absolute atomic E-state index is 13.2. The minimum absolute atomic E-state index is 0.00829. The van der Waals surface area contributed by atoms with E-state index in [1.165, 1.54) is 47.4 Å². The summed E-state index contributed by atoms with van der Waals surface area (Å²) in [7, 11) is -2.34. The van der Waals surface area contributed by atoms with Crippen molar-refractivity contribution >= 4 is 39.0 Å². The van der Waals surface area contributed by atoms with Gasteiger partial charge in [0.25, 0.3) is 5.91 Å². The molecule has 1 aromatic carbocycles. The number of piperidine rings is 1. The third-order valence-electron chi connectivity index (χ3n) is 5.33. The first-order valence-corrected chi connectivity index (χ1v) is 12.6. The lowest BCUT2D eigenvalue weighted by atomic mass is 10.1. The highest BCUT2D eigenvalue weighted by Crippen LogP contribution is 2.26. The number of likely N-dealkylation sites (N-methyl/N-ethyl adjacent to an activating group) is 1. The summed E-state index contributed by atoms with van der Waals surface area (Å²) in [5.41, 5.74) is 0.406. The summed E-state index contributed by atoms with van der Waals surface area (Å²) in [6, 6.07) is 8.45. The van der Waals surface area contributed by atoms with Crippen molar-refractivity contribution in [2.45, 2.75) is 43.7 Å². The predicted molar refractivity (Wildman–Crippen MR) is 120 cm³/mol. The lowest BCUT2D eigenvalue weighted by Gasteiger charge is -2.33. The van der Waals surface area contributed by atoms with Crippen LogP contribution in [0.25, 0.3) is 0 Å². The van der Waals surface area contributed by atoms with Crippen LogP contribution < -0.4 is 0 Å². The number of benzene rings is 1. The van der Waals surface area contributed by atoms with Gasteiger partial charge in [0.15, 0.2) is 12.4 Å². The van der Waals surface area contributed by atoms with Crippen LogP contribution in [0.1, 0.15) is 41.4 Å². The van der Waals surface area contributed by atoms with Crippen molar-refractivity contribution in [1.82, 2.24) is 9.21 Å². The fourth-order valence-electron chi connectivity index (χ4n) is 3.49. The van der Waals surface area contributed by atoms with Crippen LogP contribution in [0, 0.1) is 0 Å². The van der Waals surface area contributed by atoms with Gasteiger partial charge < -0.3 is 9.64 Å². The third-order valence-corrected chi connectivity index (χ3v) is 8.11. The van der Waals surface area contributed by atoms with E-state index in [2.05, 4.69) is 0 Å². The van der Waals surface area contributed by atoms with Crippen LogP contribution in [0.3, 0.4) is 0 Å². The Morgan fingerprint density at radius 1 is 1.16 bits per heavy atom. The summed E-state index contributed by atoms with van der Waals surface area (Å²) in [5, 5.41) is 1.92. The first kappa shape index (κ1) is 24.1. The monoisotopic (exact) mass is 478 g/mol. The number of hydrogen-bond donors (Lipinski definition) is 0. The molecule has 0 aliphatic carbocycles. The summed E-state index contributed by atoms with van der Waals surface area (Å²) in [6.07, 6.45) is 1.63. The van der Waals surface area contributed by atoms with E-state index in [-0.39, 0.29) is 23.1 Å². The summed E-state index contributed by atoms with van der Waals surface area (Å²) in [6.45, 7) is 1.55. The molecule has 1 amide bonds. The van der Waals surface area contributed by atoms with Crippen molar-refractivity contribution in [3.8, 4) is 0 Å². The Morgan fingerprint density at radius 2 is 1.88 bits per heavy atom. The summed E-state index contributed by atoms with van der Waals surface area (Å²) >= 11 is 1.53. The van der Waals surface area contributed by atoms with Gasteiger partial charge in [0, 0.05) is 24.0 Å². The summed E-state index contributed by atoms with van der Waals surface area (Å²) < 4.78 is 32.7. The molecular formula is C22H26N2O6S2. The fraction of sp³-hybridized carbons (Fsp3) is 0.409. The SMILES string of the molecule is CC(=O)c1ccc(S(=O)(=O)N2CCCCC2C(=O)OCC(=O)N(C)Cc2cccs2)cc1. The second-order valence-corrected chi connectivity index (χ2v) is 10.6. The standard InChI is InChI=1S/C22H26N2O6S2/c1-16(25)17-8-10-19(11-9-17)32(28,29)24-12-4-3-7-20(24)22(27)30-15-21(26)23(2)14-18-6-5-13-31-18/h5-6,8-11,13,20H,3-4,7,12,14-15H2,1-2H3. The molecule has 8 nitrogen and oxygen atoms in total. The molecule has 0 saturated carbocycles. The molecule has 1 aliphatic rings.